The first-order valence-electron chi connectivity index (χ1n) is 7.75. The summed E-state index contributed by atoms with van der Waals surface area (Å²) < 4.78 is 4.68. The molecule has 0 unspecified atom stereocenters. The van der Waals surface area contributed by atoms with Crippen molar-refractivity contribution < 1.29 is 4.63 Å². The minimum Gasteiger partial charge on any atom is -0.337 e. The molecule has 4 aromatic rings. The van der Waals surface area contributed by atoms with Crippen LogP contribution in [-0.4, -0.2) is 26.5 Å². The van der Waals surface area contributed by atoms with E-state index in [4.69, 9.17) is 23.2 Å². The Bertz CT molecular complexity index is 1130. The highest BCUT2D eigenvalue weighted by molar-refractivity contribution is 6.33. The molecule has 4 rings (SSSR count). The monoisotopic (exact) mass is 399 g/mol. The number of hydrazone groups is 1. The largest absolute Gasteiger partial charge is 0.337 e. The lowest BCUT2D eigenvalue weighted by Crippen LogP contribution is -2.03. The molecule has 0 amide bonds. The molecule has 0 aliphatic rings. The SMILES string of the molecule is Clc1cccc(Nc2nc3nonc3nc2N/N=C\c2ccccc2Cl)c1. The predicted octanol–water partition coefficient (Wildman–Crippen LogP) is 4.51. The van der Waals surface area contributed by atoms with Gasteiger partial charge >= 0.3 is 0 Å². The van der Waals surface area contributed by atoms with Crippen molar-refractivity contribution in [1.82, 2.24) is 20.3 Å². The second kappa shape index (κ2) is 7.56. The van der Waals surface area contributed by atoms with Gasteiger partial charge in [-0.3, -0.25) is 5.43 Å². The molecule has 0 fully saturated rings. The van der Waals surface area contributed by atoms with E-state index in [2.05, 4.69) is 40.8 Å². The Hall–Kier alpha value is -3.23. The Labute approximate surface area is 163 Å². The highest BCUT2D eigenvalue weighted by atomic mass is 35.5. The van der Waals surface area contributed by atoms with Crippen LogP contribution in [0.3, 0.4) is 0 Å². The fraction of sp³-hybridized carbons (Fsp3) is 0. The molecule has 27 heavy (non-hydrogen) atoms. The predicted molar refractivity (Wildman–Crippen MR) is 105 cm³/mol. The summed E-state index contributed by atoms with van der Waals surface area (Å²) in [6.45, 7) is 0. The Morgan fingerprint density at radius 2 is 1.70 bits per heavy atom. The normalized spacial score (nSPS) is 11.2. The summed E-state index contributed by atoms with van der Waals surface area (Å²) in [5.74, 6) is 0.721. The average molecular weight is 400 g/mol. The van der Waals surface area contributed by atoms with Gasteiger partial charge in [0, 0.05) is 21.3 Å². The number of nitrogens with one attached hydrogen (secondary N) is 2. The zero-order valence-corrected chi connectivity index (χ0v) is 15.1. The Morgan fingerprint density at radius 1 is 0.926 bits per heavy atom. The van der Waals surface area contributed by atoms with Crippen LogP contribution in [0, 0.1) is 0 Å². The van der Waals surface area contributed by atoms with Gasteiger partial charge in [-0.2, -0.15) is 10.1 Å². The van der Waals surface area contributed by atoms with Crippen molar-refractivity contribution in [2.24, 2.45) is 5.10 Å². The Balaban J connectivity index is 1.65. The highest BCUT2D eigenvalue weighted by Crippen LogP contribution is 2.25. The van der Waals surface area contributed by atoms with Crippen LogP contribution in [0.25, 0.3) is 11.3 Å². The van der Waals surface area contributed by atoms with Gasteiger partial charge in [-0.25, -0.2) is 9.61 Å². The van der Waals surface area contributed by atoms with Gasteiger partial charge in [0.2, 0.25) is 11.3 Å². The number of benzene rings is 2. The first-order valence-corrected chi connectivity index (χ1v) is 8.51. The summed E-state index contributed by atoms with van der Waals surface area (Å²) in [4.78, 5) is 8.68. The number of fused-ring (bicyclic) bond motifs is 1. The highest BCUT2D eigenvalue weighted by Gasteiger charge is 2.13. The quantitative estimate of drug-likeness (QED) is 0.375. The maximum Gasteiger partial charge on any atom is 0.245 e. The summed E-state index contributed by atoms with van der Waals surface area (Å²) in [7, 11) is 0. The van der Waals surface area contributed by atoms with Gasteiger partial charge in [0.25, 0.3) is 0 Å². The molecule has 0 atom stereocenters. The standard InChI is InChI=1S/C17H11Cl2N7O/c18-11-5-3-6-12(8-11)21-14-15(23-17-16(22-14)25-27-26-17)24-20-9-10-4-1-2-7-13(10)19/h1-9H,(H,21,22,25)(H,23,24,26)/b20-9-. The van der Waals surface area contributed by atoms with Crippen molar-refractivity contribution in [3.8, 4) is 0 Å². The van der Waals surface area contributed by atoms with Crippen molar-refractivity contribution in [2.75, 3.05) is 10.7 Å². The molecular formula is C17H11Cl2N7O. The van der Waals surface area contributed by atoms with Gasteiger partial charge in [0.15, 0.2) is 11.6 Å². The van der Waals surface area contributed by atoms with Gasteiger partial charge in [0.05, 0.1) is 6.21 Å². The minimum absolute atomic E-state index is 0.252. The number of rotatable bonds is 5. The zero-order valence-electron chi connectivity index (χ0n) is 13.6. The Morgan fingerprint density at radius 3 is 2.48 bits per heavy atom. The molecule has 10 heteroatoms. The second-order valence-corrected chi connectivity index (χ2v) is 6.20. The lowest BCUT2D eigenvalue weighted by Gasteiger charge is -2.09. The molecule has 0 aliphatic heterocycles. The third-order valence-electron chi connectivity index (χ3n) is 3.48. The number of hydrogen-bond donors (Lipinski definition) is 2. The molecule has 0 radical (unpaired) electrons. The fourth-order valence-corrected chi connectivity index (χ4v) is 2.62. The number of hydrogen-bond acceptors (Lipinski definition) is 8. The second-order valence-electron chi connectivity index (χ2n) is 5.36. The van der Waals surface area contributed by atoms with E-state index in [0.29, 0.717) is 21.7 Å². The van der Waals surface area contributed by atoms with Crippen LogP contribution in [-0.2, 0) is 0 Å². The molecule has 8 nitrogen and oxygen atoms in total. The molecule has 0 saturated carbocycles. The average Bonchev–Trinajstić information content (AvgIpc) is 3.10. The molecule has 0 saturated heterocycles. The third kappa shape index (κ3) is 3.97. The van der Waals surface area contributed by atoms with Crippen LogP contribution in [0.15, 0.2) is 58.3 Å². The fourth-order valence-electron chi connectivity index (χ4n) is 2.25. The van der Waals surface area contributed by atoms with Crippen LogP contribution in [0.2, 0.25) is 10.0 Å². The summed E-state index contributed by atoms with van der Waals surface area (Å²) in [6.07, 6.45) is 1.58. The maximum atomic E-state index is 6.12. The molecular weight excluding hydrogens is 389 g/mol. The molecule has 2 aromatic heterocycles. The van der Waals surface area contributed by atoms with E-state index in [1.807, 2.05) is 30.3 Å². The number of anilines is 3. The van der Waals surface area contributed by atoms with Crippen molar-refractivity contribution in [3.63, 3.8) is 0 Å². The molecule has 134 valence electrons. The lowest BCUT2D eigenvalue weighted by atomic mass is 10.2. The van der Waals surface area contributed by atoms with E-state index in [1.165, 1.54) is 0 Å². The third-order valence-corrected chi connectivity index (χ3v) is 4.06. The van der Waals surface area contributed by atoms with Gasteiger partial charge in [-0.05, 0) is 34.6 Å². The molecule has 0 aliphatic carbocycles. The first kappa shape index (κ1) is 17.2. The van der Waals surface area contributed by atoms with E-state index in [1.54, 1.807) is 24.4 Å². The smallest absolute Gasteiger partial charge is 0.245 e. The van der Waals surface area contributed by atoms with E-state index in [-0.39, 0.29) is 11.3 Å². The van der Waals surface area contributed by atoms with Crippen LogP contribution in [0.5, 0.6) is 0 Å². The van der Waals surface area contributed by atoms with Crippen molar-refractivity contribution in [3.05, 3.63) is 64.1 Å². The Kier molecular flexibility index (Phi) is 4.82. The van der Waals surface area contributed by atoms with Crippen molar-refractivity contribution in [1.29, 1.82) is 0 Å². The van der Waals surface area contributed by atoms with Gasteiger partial charge in [-0.1, -0.05) is 47.5 Å². The maximum absolute atomic E-state index is 6.12. The van der Waals surface area contributed by atoms with Gasteiger partial charge in [0.1, 0.15) is 0 Å². The lowest BCUT2D eigenvalue weighted by molar-refractivity contribution is 0.314. The van der Waals surface area contributed by atoms with E-state index >= 15 is 0 Å². The van der Waals surface area contributed by atoms with E-state index in [0.717, 1.165) is 11.3 Å². The topological polar surface area (TPSA) is 101 Å². The molecule has 0 spiro atoms. The van der Waals surface area contributed by atoms with Crippen molar-refractivity contribution in [2.45, 2.75) is 0 Å². The molecule has 2 aromatic carbocycles. The van der Waals surface area contributed by atoms with E-state index < -0.39 is 0 Å². The molecule has 2 heterocycles. The number of aromatic nitrogens is 4. The number of nitrogens with zero attached hydrogens (tertiary/aromatic N) is 5. The van der Waals surface area contributed by atoms with Gasteiger partial charge in [-0.15, -0.1) is 0 Å². The minimum atomic E-state index is 0.252. The zero-order chi connectivity index (χ0) is 18.6. The summed E-state index contributed by atoms with van der Waals surface area (Å²) in [6, 6.07) is 14.5. The number of halogens is 2. The van der Waals surface area contributed by atoms with Gasteiger partial charge < -0.3 is 5.32 Å². The first-order chi connectivity index (χ1) is 13.2. The van der Waals surface area contributed by atoms with Crippen molar-refractivity contribution >= 4 is 58.0 Å². The van der Waals surface area contributed by atoms with Crippen LogP contribution < -0.4 is 10.7 Å². The van der Waals surface area contributed by atoms with E-state index in [9.17, 15) is 0 Å². The van der Waals surface area contributed by atoms with Crippen LogP contribution >= 0.6 is 23.2 Å². The van der Waals surface area contributed by atoms with Crippen LogP contribution in [0.4, 0.5) is 17.3 Å². The summed E-state index contributed by atoms with van der Waals surface area (Å²) in [5.41, 5.74) is 4.84. The summed E-state index contributed by atoms with van der Waals surface area (Å²) >= 11 is 12.2. The molecule has 0 bridgehead atoms. The molecule has 2 N–H and O–H groups in total. The van der Waals surface area contributed by atoms with Crippen LogP contribution in [0.1, 0.15) is 5.56 Å². The summed E-state index contributed by atoms with van der Waals surface area (Å²) in [5, 5.41) is 15.9.